The third-order valence-corrected chi connectivity index (χ3v) is 6.04. The monoisotopic (exact) mass is 315 g/mol. The minimum absolute atomic E-state index is 0.433. The molecular formula is C12H18BNO4S2. The number of nitrogens with zero attached hydrogens (tertiary/aromatic N) is 1. The van der Waals surface area contributed by atoms with Crippen molar-refractivity contribution in [3.05, 3.63) is 29.8 Å². The largest absolute Gasteiger partial charge is 0.488 e. The van der Waals surface area contributed by atoms with Crippen molar-refractivity contribution in [1.29, 1.82) is 0 Å². The molecule has 0 saturated carbocycles. The van der Waals surface area contributed by atoms with Crippen molar-refractivity contribution >= 4 is 34.2 Å². The van der Waals surface area contributed by atoms with Crippen LogP contribution in [0.15, 0.2) is 24.3 Å². The van der Waals surface area contributed by atoms with Crippen molar-refractivity contribution in [3.8, 4) is 0 Å². The molecule has 2 N–H and O–H groups in total. The van der Waals surface area contributed by atoms with Crippen LogP contribution in [0.1, 0.15) is 5.56 Å². The lowest BCUT2D eigenvalue weighted by Crippen LogP contribution is -2.46. The van der Waals surface area contributed by atoms with Gasteiger partial charge in [-0.3, -0.25) is 4.90 Å². The van der Waals surface area contributed by atoms with E-state index >= 15 is 0 Å². The van der Waals surface area contributed by atoms with Gasteiger partial charge in [-0.1, -0.05) is 24.3 Å². The zero-order valence-corrected chi connectivity index (χ0v) is 12.9. The Bertz CT molecular complexity index is 547. The summed E-state index contributed by atoms with van der Waals surface area (Å²) in [5.74, 6) is 1.53. The number of hydrogen-bond donors (Lipinski definition) is 2. The van der Waals surface area contributed by atoms with Gasteiger partial charge in [-0.2, -0.15) is 11.8 Å². The molecule has 1 unspecified atom stereocenters. The number of sulfone groups is 1. The fourth-order valence-electron chi connectivity index (χ4n) is 2.22. The SMILES string of the molecule is CS(=O)(=O)C1CSCCN1Cc1ccc(B(O)O)cc1. The van der Waals surface area contributed by atoms with Gasteiger partial charge in [0.2, 0.25) is 0 Å². The summed E-state index contributed by atoms with van der Waals surface area (Å²) in [6, 6.07) is 6.90. The lowest BCUT2D eigenvalue weighted by atomic mass is 9.80. The van der Waals surface area contributed by atoms with E-state index < -0.39 is 22.3 Å². The van der Waals surface area contributed by atoms with E-state index in [1.165, 1.54) is 6.26 Å². The maximum absolute atomic E-state index is 11.8. The molecule has 0 amide bonds. The minimum atomic E-state index is -3.09. The average molecular weight is 315 g/mol. The van der Waals surface area contributed by atoms with Crippen LogP contribution in [0.2, 0.25) is 0 Å². The molecule has 8 heteroatoms. The number of benzene rings is 1. The molecule has 1 aromatic rings. The summed E-state index contributed by atoms with van der Waals surface area (Å²) in [7, 11) is -4.56. The van der Waals surface area contributed by atoms with Crippen LogP contribution < -0.4 is 5.46 Å². The molecule has 0 spiro atoms. The van der Waals surface area contributed by atoms with E-state index in [-0.39, 0.29) is 0 Å². The zero-order chi connectivity index (χ0) is 14.8. The maximum atomic E-state index is 11.8. The third-order valence-electron chi connectivity index (χ3n) is 3.35. The van der Waals surface area contributed by atoms with Crippen molar-refractivity contribution < 1.29 is 18.5 Å². The molecule has 1 fully saturated rings. The quantitative estimate of drug-likeness (QED) is 0.715. The predicted molar refractivity (Wildman–Crippen MR) is 82.6 cm³/mol. The predicted octanol–water partition coefficient (Wildman–Crippen LogP) is -0.714. The molecule has 0 aromatic heterocycles. The van der Waals surface area contributed by atoms with E-state index in [2.05, 4.69) is 0 Å². The maximum Gasteiger partial charge on any atom is 0.488 e. The van der Waals surface area contributed by atoms with Crippen LogP contribution >= 0.6 is 11.8 Å². The highest BCUT2D eigenvalue weighted by molar-refractivity contribution is 8.00. The molecule has 1 heterocycles. The van der Waals surface area contributed by atoms with Gasteiger partial charge in [-0.15, -0.1) is 0 Å². The summed E-state index contributed by atoms with van der Waals surface area (Å²) in [6.07, 6.45) is 1.28. The second-order valence-electron chi connectivity index (χ2n) is 4.94. The van der Waals surface area contributed by atoms with Crippen molar-refractivity contribution in [3.63, 3.8) is 0 Å². The Morgan fingerprint density at radius 2 is 2.00 bits per heavy atom. The van der Waals surface area contributed by atoms with Crippen molar-refractivity contribution in [2.24, 2.45) is 0 Å². The molecule has 110 valence electrons. The summed E-state index contributed by atoms with van der Waals surface area (Å²) < 4.78 is 23.6. The fraction of sp³-hybridized carbons (Fsp3) is 0.500. The topological polar surface area (TPSA) is 77.8 Å². The Morgan fingerprint density at radius 1 is 1.35 bits per heavy atom. The van der Waals surface area contributed by atoms with Gasteiger partial charge < -0.3 is 10.0 Å². The molecule has 5 nitrogen and oxygen atoms in total. The average Bonchev–Trinajstić information content (AvgIpc) is 2.38. The Hall–Kier alpha value is -0.535. The van der Waals surface area contributed by atoms with Crippen LogP contribution in [0.25, 0.3) is 0 Å². The lowest BCUT2D eigenvalue weighted by molar-refractivity contribution is 0.262. The van der Waals surface area contributed by atoms with Crippen molar-refractivity contribution in [1.82, 2.24) is 4.90 Å². The summed E-state index contributed by atoms with van der Waals surface area (Å²) in [6.45, 7) is 1.30. The van der Waals surface area contributed by atoms with Crippen LogP contribution in [-0.4, -0.2) is 60.2 Å². The Kier molecular flexibility index (Phi) is 5.14. The molecule has 1 aliphatic heterocycles. The van der Waals surface area contributed by atoms with Gasteiger partial charge in [0.1, 0.15) is 5.37 Å². The first-order chi connectivity index (χ1) is 9.38. The van der Waals surface area contributed by atoms with E-state index in [1.807, 2.05) is 4.90 Å². The Balaban J connectivity index is 2.11. The number of hydrogen-bond acceptors (Lipinski definition) is 6. The molecule has 1 saturated heterocycles. The number of thioether (sulfide) groups is 1. The molecule has 1 aromatic carbocycles. The van der Waals surface area contributed by atoms with Crippen LogP contribution in [-0.2, 0) is 16.4 Å². The van der Waals surface area contributed by atoms with E-state index in [9.17, 15) is 8.42 Å². The molecule has 2 rings (SSSR count). The molecule has 1 aliphatic rings. The standard InChI is InChI=1S/C12H18BNO4S2/c1-20(17,18)12-9-19-7-6-14(12)8-10-2-4-11(5-3-10)13(15)16/h2-5,12,15-16H,6-9H2,1H3. The summed E-state index contributed by atoms with van der Waals surface area (Å²) >= 11 is 1.66. The molecule has 0 aliphatic carbocycles. The highest BCUT2D eigenvalue weighted by Crippen LogP contribution is 2.22. The van der Waals surface area contributed by atoms with E-state index in [4.69, 9.17) is 10.0 Å². The van der Waals surface area contributed by atoms with Crippen LogP contribution in [0.5, 0.6) is 0 Å². The second kappa shape index (κ2) is 6.49. The Labute approximate surface area is 124 Å². The van der Waals surface area contributed by atoms with Gasteiger partial charge in [0.15, 0.2) is 9.84 Å². The highest BCUT2D eigenvalue weighted by Gasteiger charge is 2.30. The first kappa shape index (κ1) is 15.8. The zero-order valence-electron chi connectivity index (χ0n) is 11.3. The van der Waals surface area contributed by atoms with Crippen LogP contribution in [0.4, 0.5) is 0 Å². The summed E-state index contributed by atoms with van der Waals surface area (Å²) in [4.78, 5) is 1.97. The highest BCUT2D eigenvalue weighted by atomic mass is 32.2. The smallest absolute Gasteiger partial charge is 0.423 e. The first-order valence-corrected chi connectivity index (χ1v) is 9.44. The summed E-state index contributed by atoms with van der Waals surface area (Å²) in [5, 5.41) is 17.7. The van der Waals surface area contributed by atoms with E-state index in [0.717, 1.165) is 17.9 Å². The van der Waals surface area contributed by atoms with Gasteiger partial charge in [0.05, 0.1) is 0 Å². The molecule has 20 heavy (non-hydrogen) atoms. The van der Waals surface area contributed by atoms with Gasteiger partial charge in [-0.05, 0) is 11.0 Å². The molecule has 0 bridgehead atoms. The van der Waals surface area contributed by atoms with Gasteiger partial charge in [-0.25, -0.2) is 8.42 Å². The van der Waals surface area contributed by atoms with E-state index in [0.29, 0.717) is 17.8 Å². The molecular weight excluding hydrogens is 297 g/mol. The van der Waals surface area contributed by atoms with Crippen LogP contribution in [0, 0.1) is 0 Å². The van der Waals surface area contributed by atoms with Gasteiger partial charge in [0, 0.05) is 30.9 Å². The third kappa shape index (κ3) is 3.99. The summed E-state index contributed by atoms with van der Waals surface area (Å²) in [5.41, 5.74) is 1.40. The fourth-order valence-corrected chi connectivity index (χ4v) is 5.16. The second-order valence-corrected chi connectivity index (χ2v) is 8.30. The Morgan fingerprint density at radius 3 is 2.55 bits per heavy atom. The van der Waals surface area contributed by atoms with Crippen molar-refractivity contribution in [2.45, 2.75) is 11.9 Å². The number of rotatable bonds is 4. The first-order valence-electron chi connectivity index (χ1n) is 6.33. The normalized spacial score (nSPS) is 20.9. The molecule has 1 atom stereocenters. The van der Waals surface area contributed by atoms with Gasteiger partial charge >= 0.3 is 7.12 Å². The lowest BCUT2D eigenvalue weighted by Gasteiger charge is -2.34. The van der Waals surface area contributed by atoms with Crippen LogP contribution in [0.3, 0.4) is 0 Å². The minimum Gasteiger partial charge on any atom is -0.423 e. The van der Waals surface area contributed by atoms with Gasteiger partial charge in [0.25, 0.3) is 0 Å². The van der Waals surface area contributed by atoms with E-state index in [1.54, 1.807) is 36.0 Å². The van der Waals surface area contributed by atoms with Crippen molar-refractivity contribution in [2.75, 3.05) is 24.3 Å². The molecule has 0 radical (unpaired) electrons.